The van der Waals surface area contributed by atoms with Gasteiger partial charge in [-0.25, -0.2) is 9.67 Å². The van der Waals surface area contributed by atoms with Gasteiger partial charge < -0.3 is 4.90 Å². The summed E-state index contributed by atoms with van der Waals surface area (Å²) in [5.41, 5.74) is 0. The van der Waals surface area contributed by atoms with Gasteiger partial charge in [-0.15, -0.1) is 16.4 Å². The molecule has 0 spiro atoms. The minimum Gasteiger partial charge on any atom is -0.346 e. The van der Waals surface area contributed by atoms with E-state index in [2.05, 4.69) is 15.1 Å². The highest BCUT2D eigenvalue weighted by Gasteiger charge is 2.14. The van der Waals surface area contributed by atoms with Crippen LogP contribution in [0, 0.1) is 0 Å². The molecule has 0 saturated heterocycles. The van der Waals surface area contributed by atoms with E-state index in [-0.39, 0.29) is 0 Å². The summed E-state index contributed by atoms with van der Waals surface area (Å²) < 4.78 is 1.80. The molecule has 2 aromatic rings. The Bertz CT molecular complexity index is 499. The van der Waals surface area contributed by atoms with Crippen LogP contribution >= 0.6 is 11.3 Å². The van der Waals surface area contributed by atoms with Crippen LogP contribution in [0.4, 0.5) is 5.95 Å². The van der Waals surface area contributed by atoms with Gasteiger partial charge in [0.2, 0.25) is 0 Å². The lowest BCUT2D eigenvalue weighted by atomic mass is 10.4. The molecule has 3 rings (SSSR count). The van der Waals surface area contributed by atoms with E-state index in [4.69, 9.17) is 0 Å². The molecule has 6 heteroatoms. The second-order valence-corrected chi connectivity index (χ2v) is 4.30. The summed E-state index contributed by atoms with van der Waals surface area (Å²) in [5.74, 6) is 1.43. The van der Waals surface area contributed by atoms with Crippen LogP contribution in [0.3, 0.4) is 0 Å². The maximum Gasteiger partial charge on any atom is 0.251 e. The number of aromatic nitrogens is 3. The van der Waals surface area contributed by atoms with Gasteiger partial charge >= 0.3 is 0 Å². The Morgan fingerprint density at radius 3 is 3.20 bits per heavy atom. The topological polar surface area (TPSA) is 46.3 Å². The Morgan fingerprint density at radius 2 is 2.40 bits per heavy atom. The molecule has 0 bridgehead atoms. The van der Waals surface area contributed by atoms with Crippen LogP contribution in [0.5, 0.6) is 0 Å². The Morgan fingerprint density at radius 1 is 1.47 bits per heavy atom. The summed E-state index contributed by atoms with van der Waals surface area (Å²) in [5, 5.41) is 6.42. The van der Waals surface area contributed by atoms with Crippen LogP contribution in [0.2, 0.25) is 0 Å². The number of nitrogens with zero attached hydrogens (tertiary/aromatic N) is 5. The maximum absolute atomic E-state index is 4.40. The molecule has 0 saturated carbocycles. The predicted octanol–water partition coefficient (Wildman–Crippen LogP) is 1.57. The third-order valence-electron chi connectivity index (χ3n) is 2.12. The molecule has 2 aromatic heterocycles. The van der Waals surface area contributed by atoms with Crippen molar-refractivity contribution in [2.24, 2.45) is 4.99 Å². The molecule has 0 radical (unpaired) electrons. The zero-order chi connectivity index (χ0) is 10.3. The third-order valence-corrected chi connectivity index (χ3v) is 2.99. The van der Waals surface area contributed by atoms with E-state index in [0.29, 0.717) is 12.6 Å². The number of fused-ring (bicyclic) bond motifs is 1. The van der Waals surface area contributed by atoms with Crippen LogP contribution in [0.1, 0.15) is 0 Å². The van der Waals surface area contributed by atoms with Crippen LogP contribution < -0.4 is 0 Å². The first-order valence-corrected chi connectivity index (χ1v) is 5.44. The standard InChI is InChI=1S/C9H9N5S/c1-13-5-10-9-11-8(12-14(9)6-13)7-3-2-4-15-7/h2-5H,6H2,1H3. The minimum atomic E-state index is 0.677. The molecule has 1 aliphatic rings. The molecule has 5 nitrogen and oxygen atoms in total. The number of thiophene rings is 1. The molecule has 0 aliphatic carbocycles. The molecule has 0 fully saturated rings. The van der Waals surface area contributed by atoms with Crippen molar-refractivity contribution in [3.8, 4) is 10.7 Å². The van der Waals surface area contributed by atoms with Crippen molar-refractivity contribution in [3.63, 3.8) is 0 Å². The van der Waals surface area contributed by atoms with Gasteiger partial charge in [0.15, 0.2) is 5.82 Å². The third kappa shape index (κ3) is 1.42. The van der Waals surface area contributed by atoms with E-state index in [1.54, 1.807) is 22.4 Å². The fraction of sp³-hybridized carbons (Fsp3) is 0.222. The van der Waals surface area contributed by atoms with Crippen molar-refractivity contribution >= 4 is 23.6 Å². The van der Waals surface area contributed by atoms with Crippen LogP contribution in [-0.2, 0) is 6.67 Å². The SMILES string of the molecule is CN1C=Nc2nc(-c3cccs3)nn2C1. The molecular weight excluding hydrogens is 210 g/mol. The molecule has 3 heterocycles. The van der Waals surface area contributed by atoms with Crippen LogP contribution in [0.15, 0.2) is 22.5 Å². The minimum absolute atomic E-state index is 0.677. The molecule has 15 heavy (non-hydrogen) atoms. The smallest absolute Gasteiger partial charge is 0.251 e. The van der Waals surface area contributed by atoms with E-state index in [1.165, 1.54) is 0 Å². The normalized spacial score (nSPS) is 14.3. The van der Waals surface area contributed by atoms with Gasteiger partial charge in [-0.1, -0.05) is 6.07 Å². The summed E-state index contributed by atoms with van der Waals surface area (Å²) in [6.07, 6.45) is 1.77. The summed E-state index contributed by atoms with van der Waals surface area (Å²) in [6.45, 7) is 0.706. The molecule has 76 valence electrons. The lowest BCUT2D eigenvalue weighted by Gasteiger charge is -2.16. The van der Waals surface area contributed by atoms with E-state index >= 15 is 0 Å². The number of aliphatic imine (C=N–C) groups is 1. The van der Waals surface area contributed by atoms with Gasteiger partial charge in [-0.3, -0.25) is 0 Å². The lowest BCUT2D eigenvalue weighted by molar-refractivity contribution is 0.377. The van der Waals surface area contributed by atoms with Crippen LogP contribution in [-0.4, -0.2) is 33.1 Å². The van der Waals surface area contributed by atoms with Crippen molar-refractivity contribution in [3.05, 3.63) is 17.5 Å². The Hall–Kier alpha value is -1.69. The second-order valence-electron chi connectivity index (χ2n) is 3.36. The average molecular weight is 219 g/mol. The summed E-state index contributed by atoms with van der Waals surface area (Å²) in [7, 11) is 1.96. The molecule has 0 amide bonds. The van der Waals surface area contributed by atoms with Crippen LogP contribution in [0.25, 0.3) is 10.7 Å². The van der Waals surface area contributed by atoms with Crippen molar-refractivity contribution in [2.75, 3.05) is 7.05 Å². The van der Waals surface area contributed by atoms with Crippen molar-refractivity contribution in [1.29, 1.82) is 0 Å². The van der Waals surface area contributed by atoms with Gasteiger partial charge in [0.1, 0.15) is 6.67 Å². The monoisotopic (exact) mass is 219 g/mol. The van der Waals surface area contributed by atoms with Gasteiger partial charge in [0.05, 0.1) is 11.2 Å². The van der Waals surface area contributed by atoms with E-state index < -0.39 is 0 Å². The average Bonchev–Trinajstić information content (AvgIpc) is 2.84. The molecular formula is C9H9N5S. The summed E-state index contributed by atoms with van der Waals surface area (Å²) >= 11 is 1.64. The Labute approximate surface area is 90.7 Å². The van der Waals surface area contributed by atoms with E-state index in [0.717, 1.165) is 10.7 Å². The van der Waals surface area contributed by atoms with E-state index in [9.17, 15) is 0 Å². The summed E-state index contributed by atoms with van der Waals surface area (Å²) in [4.78, 5) is 11.6. The molecule has 1 aliphatic heterocycles. The quantitative estimate of drug-likeness (QED) is 0.731. The zero-order valence-corrected chi connectivity index (χ0v) is 8.98. The Balaban J connectivity index is 2.04. The second kappa shape index (κ2) is 3.16. The van der Waals surface area contributed by atoms with E-state index in [1.807, 2.05) is 29.5 Å². The first kappa shape index (κ1) is 8.60. The van der Waals surface area contributed by atoms with Gasteiger partial charge in [-0.05, 0) is 11.4 Å². The van der Waals surface area contributed by atoms with Crippen molar-refractivity contribution in [1.82, 2.24) is 19.7 Å². The molecule has 0 atom stereocenters. The maximum atomic E-state index is 4.40. The van der Waals surface area contributed by atoms with Gasteiger partial charge in [-0.2, -0.15) is 4.98 Å². The molecule has 0 aromatic carbocycles. The highest BCUT2D eigenvalue weighted by molar-refractivity contribution is 7.13. The zero-order valence-electron chi connectivity index (χ0n) is 8.16. The van der Waals surface area contributed by atoms with Gasteiger partial charge in [0.25, 0.3) is 5.95 Å². The first-order valence-electron chi connectivity index (χ1n) is 4.56. The largest absolute Gasteiger partial charge is 0.346 e. The number of rotatable bonds is 1. The molecule has 0 N–H and O–H groups in total. The number of hydrogen-bond donors (Lipinski definition) is 0. The highest BCUT2D eigenvalue weighted by Crippen LogP contribution is 2.24. The predicted molar refractivity (Wildman–Crippen MR) is 59.3 cm³/mol. The summed E-state index contributed by atoms with van der Waals surface area (Å²) in [6, 6.07) is 4.01. The highest BCUT2D eigenvalue weighted by atomic mass is 32.1. The van der Waals surface area contributed by atoms with Gasteiger partial charge in [0, 0.05) is 7.05 Å². The van der Waals surface area contributed by atoms with Crippen molar-refractivity contribution < 1.29 is 0 Å². The Kier molecular flexibility index (Phi) is 1.81. The number of hydrogen-bond acceptors (Lipinski definition) is 5. The fourth-order valence-electron chi connectivity index (χ4n) is 1.43. The molecule has 0 unspecified atom stereocenters. The van der Waals surface area contributed by atoms with Crippen molar-refractivity contribution in [2.45, 2.75) is 6.67 Å². The fourth-order valence-corrected chi connectivity index (χ4v) is 2.09. The first-order chi connectivity index (χ1) is 7.33. The lowest BCUT2D eigenvalue weighted by Crippen LogP contribution is -2.24.